The number of carbonyl (C=O) groups excluding carboxylic acids is 2. The minimum absolute atomic E-state index is 0.00546. The molecule has 3 amide bonds. The van der Waals surface area contributed by atoms with Crippen molar-refractivity contribution in [1.82, 2.24) is 14.7 Å². The first-order valence-electron chi connectivity index (χ1n) is 12.5. The molecule has 2 fully saturated rings. The molecule has 0 bridgehead atoms. The summed E-state index contributed by atoms with van der Waals surface area (Å²) >= 11 is 0. The molecule has 0 aliphatic carbocycles. The van der Waals surface area contributed by atoms with Crippen molar-refractivity contribution in [3.8, 4) is 5.75 Å². The Labute approximate surface area is 203 Å². The van der Waals surface area contributed by atoms with E-state index in [1.165, 1.54) is 4.90 Å². The van der Waals surface area contributed by atoms with Crippen LogP contribution in [0.3, 0.4) is 0 Å². The molecule has 0 aromatic heterocycles. The third kappa shape index (κ3) is 4.97. The molecule has 6 nitrogen and oxygen atoms in total. The van der Waals surface area contributed by atoms with Crippen LogP contribution in [0.4, 0.5) is 4.79 Å². The zero-order valence-corrected chi connectivity index (χ0v) is 20.7. The van der Waals surface area contributed by atoms with Crippen molar-refractivity contribution in [3.05, 3.63) is 65.7 Å². The zero-order valence-electron chi connectivity index (χ0n) is 20.7. The highest BCUT2D eigenvalue weighted by molar-refractivity contribution is 6.07. The van der Waals surface area contributed by atoms with Gasteiger partial charge in [0.15, 0.2) is 0 Å². The van der Waals surface area contributed by atoms with Crippen LogP contribution in [0, 0.1) is 5.92 Å². The summed E-state index contributed by atoms with van der Waals surface area (Å²) in [6.45, 7) is 10.2. The summed E-state index contributed by atoms with van der Waals surface area (Å²) in [6.07, 6.45) is 2.21. The molecule has 0 unspecified atom stereocenters. The molecule has 2 aliphatic heterocycles. The van der Waals surface area contributed by atoms with E-state index in [2.05, 4.69) is 43.9 Å². The Hall–Kier alpha value is -2.86. The Morgan fingerprint density at radius 1 is 0.971 bits per heavy atom. The smallest absolute Gasteiger partial charge is 0.327 e. The lowest BCUT2D eigenvalue weighted by molar-refractivity contribution is -0.136. The van der Waals surface area contributed by atoms with E-state index in [4.69, 9.17) is 4.74 Å². The summed E-state index contributed by atoms with van der Waals surface area (Å²) in [6, 6.07) is 18.3. The molecule has 0 radical (unpaired) electrons. The summed E-state index contributed by atoms with van der Waals surface area (Å²) in [5, 5.41) is 0. The zero-order chi connectivity index (χ0) is 24.1. The molecule has 182 valence electrons. The SMILES string of the molecule is CCCN1C(=O)N(CC(C)C)C(=O)C12CCN(Cc1ccccc1OCc1ccccc1)CC2. The Morgan fingerprint density at radius 3 is 2.32 bits per heavy atom. The van der Waals surface area contributed by atoms with Crippen molar-refractivity contribution in [2.45, 2.75) is 58.7 Å². The Morgan fingerprint density at radius 2 is 1.65 bits per heavy atom. The standard InChI is InChI=1S/C28H37N3O3/c1-4-16-31-27(33)30(19-22(2)3)26(32)28(31)14-17-29(18-15-28)20-24-12-8-9-13-25(24)34-21-23-10-6-5-7-11-23/h5-13,22H,4,14-21H2,1-3H3. The van der Waals surface area contributed by atoms with Gasteiger partial charge in [-0.25, -0.2) is 4.79 Å². The summed E-state index contributed by atoms with van der Waals surface area (Å²) in [5.41, 5.74) is 1.61. The first-order chi connectivity index (χ1) is 16.4. The Kier molecular flexibility index (Phi) is 7.57. The van der Waals surface area contributed by atoms with Crippen molar-refractivity contribution in [2.24, 2.45) is 5.92 Å². The van der Waals surface area contributed by atoms with E-state index in [0.717, 1.165) is 42.9 Å². The molecule has 0 N–H and O–H groups in total. The average molecular weight is 464 g/mol. The number of rotatable bonds is 9. The fraction of sp³-hybridized carbons (Fsp3) is 0.500. The topological polar surface area (TPSA) is 53.1 Å². The van der Waals surface area contributed by atoms with Crippen LogP contribution in [0.1, 0.15) is 51.2 Å². The van der Waals surface area contributed by atoms with Crippen LogP contribution >= 0.6 is 0 Å². The lowest BCUT2D eigenvalue weighted by atomic mass is 9.85. The summed E-state index contributed by atoms with van der Waals surface area (Å²) < 4.78 is 6.15. The van der Waals surface area contributed by atoms with Gasteiger partial charge in [0.1, 0.15) is 17.9 Å². The minimum atomic E-state index is -0.679. The summed E-state index contributed by atoms with van der Waals surface area (Å²) in [7, 11) is 0. The van der Waals surface area contributed by atoms with Gasteiger partial charge in [-0.1, -0.05) is 69.3 Å². The monoisotopic (exact) mass is 463 g/mol. The average Bonchev–Trinajstić information content (AvgIpc) is 3.02. The lowest BCUT2D eigenvalue weighted by Crippen LogP contribution is -2.56. The van der Waals surface area contributed by atoms with Crippen LogP contribution in [0.5, 0.6) is 5.75 Å². The normalized spacial score (nSPS) is 18.4. The van der Waals surface area contributed by atoms with E-state index in [1.54, 1.807) is 0 Å². The molecule has 0 atom stereocenters. The predicted octanol–water partition coefficient (Wildman–Crippen LogP) is 4.93. The molecule has 0 saturated carbocycles. The van der Waals surface area contributed by atoms with Gasteiger partial charge in [-0.05, 0) is 36.8 Å². The van der Waals surface area contributed by atoms with E-state index in [0.29, 0.717) is 32.5 Å². The van der Waals surface area contributed by atoms with Gasteiger partial charge in [-0.3, -0.25) is 14.6 Å². The van der Waals surface area contributed by atoms with Crippen LogP contribution in [-0.4, -0.2) is 58.4 Å². The van der Waals surface area contributed by atoms with Crippen molar-refractivity contribution in [1.29, 1.82) is 0 Å². The number of likely N-dealkylation sites (tertiary alicyclic amines) is 1. The van der Waals surface area contributed by atoms with Gasteiger partial charge in [0.05, 0.1) is 0 Å². The number of para-hydroxylation sites is 1. The van der Waals surface area contributed by atoms with Crippen LogP contribution in [0.15, 0.2) is 54.6 Å². The first-order valence-corrected chi connectivity index (χ1v) is 12.5. The van der Waals surface area contributed by atoms with Gasteiger partial charge in [0.2, 0.25) is 0 Å². The fourth-order valence-corrected chi connectivity index (χ4v) is 5.16. The maximum Gasteiger partial charge on any atom is 0.327 e. The maximum atomic E-state index is 13.5. The van der Waals surface area contributed by atoms with Crippen molar-refractivity contribution in [3.63, 3.8) is 0 Å². The highest BCUT2D eigenvalue weighted by atomic mass is 16.5. The van der Waals surface area contributed by atoms with Gasteiger partial charge in [-0.15, -0.1) is 0 Å². The number of hydrogen-bond donors (Lipinski definition) is 0. The maximum absolute atomic E-state index is 13.5. The number of hydrogen-bond acceptors (Lipinski definition) is 4. The third-order valence-corrected chi connectivity index (χ3v) is 6.90. The Bertz CT molecular complexity index is 983. The van der Waals surface area contributed by atoms with E-state index in [9.17, 15) is 9.59 Å². The van der Waals surface area contributed by atoms with Crippen LogP contribution < -0.4 is 4.74 Å². The molecule has 4 rings (SSSR count). The van der Waals surface area contributed by atoms with Crippen molar-refractivity contribution in [2.75, 3.05) is 26.2 Å². The van der Waals surface area contributed by atoms with Gasteiger partial charge >= 0.3 is 6.03 Å². The molecular weight excluding hydrogens is 426 g/mol. The first kappa shape index (κ1) is 24.3. The predicted molar refractivity (Wildman–Crippen MR) is 133 cm³/mol. The van der Waals surface area contributed by atoms with E-state index >= 15 is 0 Å². The number of carbonyl (C=O) groups is 2. The quantitative estimate of drug-likeness (QED) is 0.495. The number of ether oxygens (including phenoxy) is 1. The summed E-state index contributed by atoms with van der Waals surface area (Å²) in [4.78, 5) is 32.3. The highest BCUT2D eigenvalue weighted by Gasteiger charge is 2.57. The molecule has 2 heterocycles. The second-order valence-electron chi connectivity index (χ2n) is 9.93. The molecule has 34 heavy (non-hydrogen) atoms. The number of urea groups is 1. The van der Waals surface area contributed by atoms with Gasteiger partial charge < -0.3 is 9.64 Å². The van der Waals surface area contributed by atoms with Crippen LogP contribution in [0.2, 0.25) is 0 Å². The molecule has 2 aliphatic rings. The number of benzene rings is 2. The molecule has 2 aromatic carbocycles. The van der Waals surface area contributed by atoms with Gasteiger partial charge in [0, 0.05) is 38.3 Å². The second-order valence-corrected chi connectivity index (χ2v) is 9.93. The fourth-order valence-electron chi connectivity index (χ4n) is 5.16. The number of amides is 3. The second kappa shape index (κ2) is 10.6. The number of nitrogens with zero attached hydrogens (tertiary/aromatic N) is 3. The van der Waals surface area contributed by atoms with Gasteiger partial charge in [-0.2, -0.15) is 0 Å². The minimum Gasteiger partial charge on any atom is -0.489 e. The number of imide groups is 1. The highest BCUT2D eigenvalue weighted by Crippen LogP contribution is 2.38. The lowest BCUT2D eigenvalue weighted by Gasteiger charge is -2.42. The van der Waals surface area contributed by atoms with Crippen LogP contribution in [0.25, 0.3) is 0 Å². The molecule has 1 spiro atoms. The van der Waals surface area contributed by atoms with E-state index < -0.39 is 5.54 Å². The van der Waals surface area contributed by atoms with E-state index in [-0.39, 0.29) is 17.9 Å². The molecular formula is C28H37N3O3. The van der Waals surface area contributed by atoms with E-state index in [1.807, 2.05) is 41.3 Å². The van der Waals surface area contributed by atoms with Crippen molar-refractivity contribution >= 4 is 11.9 Å². The largest absolute Gasteiger partial charge is 0.489 e. The third-order valence-electron chi connectivity index (χ3n) is 6.90. The van der Waals surface area contributed by atoms with Crippen molar-refractivity contribution < 1.29 is 14.3 Å². The van der Waals surface area contributed by atoms with Crippen LogP contribution in [-0.2, 0) is 17.9 Å². The van der Waals surface area contributed by atoms with Gasteiger partial charge in [0.25, 0.3) is 5.91 Å². The molecule has 2 saturated heterocycles. The molecule has 2 aromatic rings. The number of piperidine rings is 1. The summed E-state index contributed by atoms with van der Waals surface area (Å²) in [5.74, 6) is 1.17. The molecule has 6 heteroatoms. The Balaban J connectivity index is 1.43.